The molecule has 0 radical (unpaired) electrons. The number of carbonyl (C=O) groups excluding carboxylic acids is 1. The minimum atomic E-state index is -0.186. The molecule has 3 N–H and O–H groups in total. The van der Waals surface area contributed by atoms with Gasteiger partial charge >= 0.3 is 6.03 Å². The third-order valence-electron chi connectivity index (χ3n) is 2.71. The minimum absolute atomic E-state index is 0.0233. The molecule has 0 spiro atoms. The molecule has 1 saturated carbocycles. The van der Waals surface area contributed by atoms with E-state index in [1.807, 2.05) is 27.8 Å². The van der Waals surface area contributed by atoms with Crippen LogP contribution in [0.1, 0.15) is 33.6 Å². The van der Waals surface area contributed by atoms with Gasteiger partial charge in [0.25, 0.3) is 0 Å². The first kappa shape index (κ1) is 12.3. The Morgan fingerprint density at radius 3 is 2.40 bits per heavy atom. The number of likely N-dealkylation sites (N-methyl/N-ethyl adjacent to an activating group) is 1. The standard InChI is InChI=1S/C11H23N3O/c1-11(2,3)13-10(15)14(4)9(7-12)8-5-6-8/h8-9H,5-7,12H2,1-4H3,(H,13,15). The first-order valence-corrected chi connectivity index (χ1v) is 5.60. The fraction of sp³-hybridized carbons (Fsp3) is 0.909. The van der Waals surface area contributed by atoms with Crippen LogP contribution in [0, 0.1) is 5.92 Å². The van der Waals surface area contributed by atoms with Crippen LogP contribution in [-0.2, 0) is 0 Å². The quantitative estimate of drug-likeness (QED) is 0.739. The maximum atomic E-state index is 11.9. The lowest BCUT2D eigenvalue weighted by Crippen LogP contribution is -2.52. The Labute approximate surface area is 92.2 Å². The zero-order chi connectivity index (χ0) is 11.6. The summed E-state index contributed by atoms with van der Waals surface area (Å²) in [5.74, 6) is 0.616. The van der Waals surface area contributed by atoms with E-state index in [0.717, 1.165) is 0 Å². The van der Waals surface area contributed by atoms with Crippen LogP contribution in [0.25, 0.3) is 0 Å². The predicted molar refractivity (Wildman–Crippen MR) is 61.6 cm³/mol. The van der Waals surface area contributed by atoms with Gasteiger partial charge in [-0.2, -0.15) is 0 Å². The molecule has 1 atom stereocenters. The van der Waals surface area contributed by atoms with Crippen molar-refractivity contribution in [1.82, 2.24) is 10.2 Å². The van der Waals surface area contributed by atoms with Gasteiger partial charge < -0.3 is 16.0 Å². The van der Waals surface area contributed by atoms with E-state index in [1.165, 1.54) is 12.8 Å². The summed E-state index contributed by atoms with van der Waals surface area (Å²) >= 11 is 0. The van der Waals surface area contributed by atoms with Crippen molar-refractivity contribution in [3.8, 4) is 0 Å². The number of hydrogen-bond acceptors (Lipinski definition) is 2. The molecule has 4 nitrogen and oxygen atoms in total. The van der Waals surface area contributed by atoms with Crippen LogP contribution < -0.4 is 11.1 Å². The highest BCUT2D eigenvalue weighted by Gasteiger charge is 2.35. The fourth-order valence-electron chi connectivity index (χ4n) is 1.71. The van der Waals surface area contributed by atoms with Gasteiger partial charge in [0.15, 0.2) is 0 Å². The molecule has 0 bridgehead atoms. The number of hydrogen-bond donors (Lipinski definition) is 2. The molecule has 1 aliphatic rings. The van der Waals surface area contributed by atoms with E-state index in [-0.39, 0.29) is 17.6 Å². The highest BCUT2D eigenvalue weighted by atomic mass is 16.2. The lowest BCUT2D eigenvalue weighted by molar-refractivity contribution is 0.176. The number of carbonyl (C=O) groups is 1. The summed E-state index contributed by atoms with van der Waals surface area (Å²) in [4.78, 5) is 13.6. The maximum absolute atomic E-state index is 11.9. The van der Waals surface area contributed by atoms with E-state index in [0.29, 0.717) is 12.5 Å². The Hall–Kier alpha value is -0.770. The Kier molecular flexibility index (Phi) is 3.60. The summed E-state index contributed by atoms with van der Waals surface area (Å²) in [6.07, 6.45) is 2.41. The second-order valence-corrected chi connectivity index (χ2v) is 5.43. The summed E-state index contributed by atoms with van der Waals surface area (Å²) in [5.41, 5.74) is 5.51. The van der Waals surface area contributed by atoms with Crippen LogP contribution >= 0.6 is 0 Å². The van der Waals surface area contributed by atoms with E-state index in [2.05, 4.69) is 5.32 Å². The molecule has 1 aliphatic carbocycles. The number of nitrogens with one attached hydrogen (secondary N) is 1. The first-order valence-electron chi connectivity index (χ1n) is 5.60. The van der Waals surface area contributed by atoms with Gasteiger partial charge in [0.1, 0.15) is 0 Å². The Bertz CT molecular complexity index is 230. The minimum Gasteiger partial charge on any atom is -0.333 e. The van der Waals surface area contributed by atoms with Gasteiger partial charge in [0.05, 0.1) is 0 Å². The van der Waals surface area contributed by atoms with Crippen LogP contribution in [0.15, 0.2) is 0 Å². The summed E-state index contributed by atoms with van der Waals surface area (Å²) in [5, 5.41) is 2.95. The Morgan fingerprint density at radius 2 is 2.07 bits per heavy atom. The first-order chi connectivity index (χ1) is 6.85. The second-order valence-electron chi connectivity index (χ2n) is 5.43. The van der Waals surface area contributed by atoms with Gasteiger partial charge in [-0.25, -0.2) is 4.79 Å². The molecule has 1 unspecified atom stereocenters. The van der Waals surface area contributed by atoms with Gasteiger partial charge in [-0.15, -0.1) is 0 Å². The van der Waals surface area contributed by atoms with Gasteiger partial charge in [-0.3, -0.25) is 0 Å². The fourth-order valence-corrected chi connectivity index (χ4v) is 1.71. The number of nitrogens with zero attached hydrogens (tertiary/aromatic N) is 1. The van der Waals surface area contributed by atoms with Crippen molar-refractivity contribution < 1.29 is 4.79 Å². The molecule has 0 aliphatic heterocycles. The number of rotatable bonds is 3. The molecule has 1 rings (SSSR count). The summed E-state index contributed by atoms with van der Waals surface area (Å²) in [6.45, 7) is 6.49. The van der Waals surface area contributed by atoms with Crippen molar-refractivity contribution in [2.75, 3.05) is 13.6 Å². The molecule has 1 fully saturated rings. The molecule has 0 aromatic heterocycles. The lowest BCUT2D eigenvalue weighted by atomic mass is 10.1. The van der Waals surface area contributed by atoms with Crippen LogP contribution in [0.5, 0.6) is 0 Å². The van der Waals surface area contributed by atoms with Crippen molar-refractivity contribution in [3.05, 3.63) is 0 Å². The molecule has 15 heavy (non-hydrogen) atoms. The lowest BCUT2D eigenvalue weighted by Gasteiger charge is -2.31. The van der Waals surface area contributed by atoms with Gasteiger partial charge in [-0.1, -0.05) is 0 Å². The van der Waals surface area contributed by atoms with Crippen molar-refractivity contribution in [1.29, 1.82) is 0 Å². The van der Waals surface area contributed by atoms with Crippen LogP contribution in [0.4, 0.5) is 4.79 Å². The smallest absolute Gasteiger partial charge is 0.317 e. The molecular formula is C11H23N3O. The molecule has 2 amide bonds. The maximum Gasteiger partial charge on any atom is 0.317 e. The summed E-state index contributed by atoms with van der Waals surface area (Å²) in [7, 11) is 1.83. The molecular weight excluding hydrogens is 190 g/mol. The van der Waals surface area contributed by atoms with Crippen LogP contribution in [-0.4, -0.2) is 36.1 Å². The third kappa shape index (κ3) is 3.70. The summed E-state index contributed by atoms with van der Waals surface area (Å²) < 4.78 is 0. The Morgan fingerprint density at radius 1 is 1.53 bits per heavy atom. The van der Waals surface area contributed by atoms with Crippen molar-refractivity contribution in [2.45, 2.75) is 45.2 Å². The van der Waals surface area contributed by atoms with E-state index in [4.69, 9.17) is 5.73 Å². The van der Waals surface area contributed by atoms with Crippen LogP contribution in [0.2, 0.25) is 0 Å². The number of urea groups is 1. The van der Waals surface area contributed by atoms with E-state index in [1.54, 1.807) is 4.90 Å². The Balaban J connectivity index is 2.50. The van der Waals surface area contributed by atoms with Crippen LogP contribution in [0.3, 0.4) is 0 Å². The molecule has 88 valence electrons. The third-order valence-corrected chi connectivity index (χ3v) is 2.71. The van der Waals surface area contributed by atoms with E-state index >= 15 is 0 Å². The summed E-state index contributed by atoms with van der Waals surface area (Å²) in [6, 6.07) is 0.178. The van der Waals surface area contributed by atoms with Crippen molar-refractivity contribution >= 4 is 6.03 Å². The second kappa shape index (κ2) is 4.39. The molecule has 0 aromatic rings. The molecule has 0 saturated heterocycles. The highest BCUT2D eigenvalue weighted by Crippen LogP contribution is 2.34. The van der Waals surface area contributed by atoms with E-state index in [9.17, 15) is 4.79 Å². The molecule has 0 aromatic carbocycles. The monoisotopic (exact) mass is 213 g/mol. The zero-order valence-electron chi connectivity index (χ0n) is 10.2. The SMILES string of the molecule is CN(C(=O)NC(C)(C)C)C(CN)C1CC1. The molecule has 4 heteroatoms. The van der Waals surface area contributed by atoms with Gasteiger partial charge in [0, 0.05) is 25.2 Å². The average molecular weight is 213 g/mol. The van der Waals surface area contributed by atoms with Gasteiger partial charge in [0.2, 0.25) is 0 Å². The average Bonchev–Trinajstić information content (AvgIpc) is 2.86. The normalized spacial score (nSPS) is 18.5. The van der Waals surface area contributed by atoms with Crippen molar-refractivity contribution in [3.63, 3.8) is 0 Å². The topological polar surface area (TPSA) is 58.4 Å². The van der Waals surface area contributed by atoms with Gasteiger partial charge in [-0.05, 0) is 39.5 Å². The predicted octanol–water partition coefficient (Wildman–Crippen LogP) is 1.16. The van der Waals surface area contributed by atoms with E-state index < -0.39 is 0 Å². The highest BCUT2D eigenvalue weighted by molar-refractivity contribution is 5.75. The largest absolute Gasteiger partial charge is 0.333 e. The number of nitrogens with two attached hydrogens (primary N) is 1. The van der Waals surface area contributed by atoms with Crippen molar-refractivity contribution in [2.24, 2.45) is 11.7 Å². The zero-order valence-corrected chi connectivity index (χ0v) is 10.2. The molecule has 0 heterocycles. The number of amides is 2.